The highest BCUT2D eigenvalue weighted by Crippen LogP contribution is 1.97. The highest BCUT2D eigenvalue weighted by molar-refractivity contribution is 5.68. The van der Waals surface area contributed by atoms with Crippen LogP contribution in [0.4, 0.5) is 0 Å². The highest BCUT2D eigenvalue weighted by Gasteiger charge is 2.11. The Labute approximate surface area is 83.0 Å². The molecule has 0 spiro atoms. The summed E-state index contributed by atoms with van der Waals surface area (Å²) in [7, 11) is 1.38. The van der Waals surface area contributed by atoms with E-state index < -0.39 is 16.9 Å². The minimum Gasteiger partial charge on any atom is -0.300 e. The van der Waals surface area contributed by atoms with Crippen molar-refractivity contribution in [1.29, 1.82) is 0 Å². The van der Waals surface area contributed by atoms with Gasteiger partial charge in [0.1, 0.15) is 5.65 Å². The maximum absolute atomic E-state index is 11.6. The average Bonchev–Trinajstić information content (AvgIpc) is 2.58. The molecule has 0 fully saturated rings. The molecule has 0 unspecified atom stereocenters. The van der Waals surface area contributed by atoms with E-state index in [2.05, 4.69) is 9.97 Å². The van der Waals surface area contributed by atoms with E-state index in [1.54, 1.807) is 6.92 Å². The van der Waals surface area contributed by atoms with Crippen LogP contribution in [0.15, 0.2) is 14.4 Å². The topological polar surface area (TPSA) is 92.7 Å². The smallest absolute Gasteiger partial charge is 0.300 e. The molecule has 2 heterocycles. The summed E-state index contributed by atoms with van der Waals surface area (Å²) >= 11 is 0. The lowest BCUT2D eigenvalue weighted by atomic mass is 10.5. The number of hydrogen-bond acceptors (Lipinski definition) is 3. The number of hydrogen-bond donors (Lipinski definition) is 2. The van der Waals surface area contributed by atoms with E-state index in [0.29, 0.717) is 6.54 Å². The van der Waals surface area contributed by atoms with Crippen LogP contribution in [0.25, 0.3) is 11.2 Å². The summed E-state index contributed by atoms with van der Waals surface area (Å²) in [4.78, 5) is 39.1. The molecule has 0 radical (unpaired) electrons. The number of rotatable bonds is 1. The van der Waals surface area contributed by atoms with Crippen molar-refractivity contribution in [2.75, 3.05) is 0 Å². The molecule has 80 valence electrons. The van der Waals surface area contributed by atoms with E-state index in [1.165, 1.54) is 11.6 Å². The van der Waals surface area contributed by atoms with Crippen molar-refractivity contribution in [3.8, 4) is 0 Å². The fourth-order valence-electron chi connectivity index (χ4n) is 1.56. The van der Waals surface area contributed by atoms with Gasteiger partial charge in [0.05, 0.1) is 0 Å². The van der Waals surface area contributed by atoms with Crippen molar-refractivity contribution in [1.82, 2.24) is 19.1 Å². The molecule has 0 aromatic carbocycles. The predicted molar refractivity (Wildman–Crippen MR) is 54.1 cm³/mol. The number of aromatic nitrogens is 4. The van der Waals surface area contributed by atoms with E-state index in [0.717, 1.165) is 4.57 Å². The number of nitrogens with zero attached hydrogens (tertiary/aromatic N) is 2. The van der Waals surface area contributed by atoms with Crippen LogP contribution in [0.1, 0.15) is 6.92 Å². The van der Waals surface area contributed by atoms with Crippen molar-refractivity contribution < 1.29 is 0 Å². The monoisotopic (exact) mass is 210 g/mol. The minimum absolute atomic E-state index is 0.129. The van der Waals surface area contributed by atoms with Gasteiger partial charge in [0.2, 0.25) is 0 Å². The Morgan fingerprint density at radius 1 is 1.20 bits per heavy atom. The highest BCUT2D eigenvalue weighted by atomic mass is 16.2. The molecule has 0 atom stereocenters. The average molecular weight is 210 g/mol. The first kappa shape index (κ1) is 9.50. The van der Waals surface area contributed by atoms with Crippen molar-refractivity contribution >= 4 is 11.2 Å². The van der Waals surface area contributed by atoms with Crippen LogP contribution in [0.3, 0.4) is 0 Å². The van der Waals surface area contributed by atoms with Crippen molar-refractivity contribution in [2.45, 2.75) is 13.5 Å². The number of aryl methyl sites for hydroxylation is 1. The molecule has 2 aromatic heterocycles. The van der Waals surface area contributed by atoms with Crippen LogP contribution in [-0.4, -0.2) is 19.1 Å². The van der Waals surface area contributed by atoms with Crippen LogP contribution >= 0.6 is 0 Å². The van der Waals surface area contributed by atoms with E-state index in [9.17, 15) is 14.4 Å². The second-order valence-corrected chi connectivity index (χ2v) is 3.19. The molecule has 0 saturated heterocycles. The number of aromatic amines is 2. The third-order valence-electron chi connectivity index (χ3n) is 2.33. The second kappa shape index (κ2) is 2.97. The van der Waals surface area contributed by atoms with Crippen molar-refractivity contribution in [2.24, 2.45) is 7.05 Å². The van der Waals surface area contributed by atoms with Gasteiger partial charge in [0.25, 0.3) is 5.56 Å². The third-order valence-corrected chi connectivity index (χ3v) is 2.33. The van der Waals surface area contributed by atoms with Gasteiger partial charge in [-0.2, -0.15) is 0 Å². The lowest BCUT2D eigenvalue weighted by Gasteiger charge is -2.04. The zero-order chi connectivity index (χ0) is 11.2. The summed E-state index contributed by atoms with van der Waals surface area (Å²) in [6.07, 6.45) is 0. The number of nitrogens with one attached hydrogen (secondary N) is 2. The fraction of sp³-hybridized carbons (Fsp3) is 0.375. The molecule has 0 bridgehead atoms. The van der Waals surface area contributed by atoms with E-state index >= 15 is 0 Å². The molecule has 0 aliphatic rings. The number of H-pyrrole nitrogens is 2. The zero-order valence-corrected chi connectivity index (χ0v) is 8.33. The predicted octanol–water partition coefficient (Wildman–Crippen LogP) is -1.26. The van der Waals surface area contributed by atoms with Gasteiger partial charge in [-0.3, -0.25) is 23.9 Å². The molecule has 7 nitrogen and oxygen atoms in total. The van der Waals surface area contributed by atoms with Crippen LogP contribution in [0.5, 0.6) is 0 Å². The summed E-state index contributed by atoms with van der Waals surface area (Å²) < 4.78 is 2.30. The van der Waals surface area contributed by atoms with Crippen LogP contribution in [-0.2, 0) is 13.6 Å². The molecule has 7 heteroatoms. The Morgan fingerprint density at radius 2 is 1.87 bits per heavy atom. The van der Waals surface area contributed by atoms with Crippen molar-refractivity contribution in [3.05, 3.63) is 31.3 Å². The van der Waals surface area contributed by atoms with Gasteiger partial charge in [0.15, 0.2) is 5.52 Å². The Morgan fingerprint density at radius 3 is 2.47 bits per heavy atom. The van der Waals surface area contributed by atoms with Gasteiger partial charge in [-0.25, -0.2) is 9.59 Å². The standard InChI is InChI=1S/C8H10N4O3/c1-3-12-5-4(9-7(14)10-5)6(13)11(2)8(12)15/h3H2,1-2H3,(H2,9,10,14). The normalized spacial score (nSPS) is 11.1. The summed E-state index contributed by atoms with van der Waals surface area (Å²) in [5.74, 6) is 0. The van der Waals surface area contributed by atoms with E-state index in [-0.39, 0.29) is 11.2 Å². The molecule has 2 N–H and O–H groups in total. The Kier molecular flexibility index (Phi) is 1.88. The summed E-state index contributed by atoms with van der Waals surface area (Å²) in [5, 5.41) is 0. The second-order valence-electron chi connectivity index (χ2n) is 3.19. The van der Waals surface area contributed by atoms with E-state index in [4.69, 9.17) is 0 Å². The summed E-state index contributed by atoms with van der Waals surface area (Å²) in [5.41, 5.74) is -1.06. The first-order chi connectivity index (χ1) is 7.06. The molecular weight excluding hydrogens is 200 g/mol. The SMILES string of the molecule is CCn1c(=O)n(C)c(=O)c2[nH]c(=O)[nH]c21. The molecule has 0 amide bonds. The molecule has 15 heavy (non-hydrogen) atoms. The minimum atomic E-state index is -0.502. The van der Waals surface area contributed by atoms with E-state index in [1.807, 2.05) is 0 Å². The van der Waals surface area contributed by atoms with Gasteiger partial charge >= 0.3 is 11.4 Å². The van der Waals surface area contributed by atoms with Crippen LogP contribution in [0, 0.1) is 0 Å². The van der Waals surface area contributed by atoms with Gasteiger partial charge in [-0.05, 0) is 6.92 Å². The number of imidazole rings is 1. The molecule has 2 aromatic rings. The zero-order valence-electron chi connectivity index (χ0n) is 8.33. The molecule has 0 aliphatic heterocycles. The Bertz CT molecular complexity index is 684. The Balaban J connectivity index is 3.18. The van der Waals surface area contributed by atoms with Crippen molar-refractivity contribution in [3.63, 3.8) is 0 Å². The lowest BCUT2D eigenvalue weighted by molar-refractivity contribution is 0.652. The first-order valence-corrected chi connectivity index (χ1v) is 4.48. The summed E-state index contributed by atoms with van der Waals surface area (Å²) in [6, 6.07) is 0. The van der Waals surface area contributed by atoms with Crippen LogP contribution < -0.4 is 16.9 Å². The van der Waals surface area contributed by atoms with Gasteiger partial charge in [0, 0.05) is 13.6 Å². The maximum Gasteiger partial charge on any atom is 0.332 e. The quantitative estimate of drug-likeness (QED) is 0.615. The molecular formula is C8H10N4O3. The maximum atomic E-state index is 11.6. The van der Waals surface area contributed by atoms with Gasteiger partial charge < -0.3 is 0 Å². The molecule has 0 aliphatic carbocycles. The lowest BCUT2D eigenvalue weighted by Crippen LogP contribution is -2.37. The fourth-order valence-corrected chi connectivity index (χ4v) is 1.56. The third kappa shape index (κ3) is 1.16. The van der Waals surface area contributed by atoms with Gasteiger partial charge in [-0.1, -0.05) is 0 Å². The summed E-state index contributed by atoms with van der Waals surface area (Å²) in [6.45, 7) is 2.15. The molecule has 2 rings (SSSR count). The number of fused-ring (bicyclic) bond motifs is 1. The first-order valence-electron chi connectivity index (χ1n) is 4.48. The largest absolute Gasteiger partial charge is 0.332 e. The Hall–Kier alpha value is -2.05. The molecule has 0 saturated carbocycles. The van der Waals surface area contributed by atoms with Gasteiger partial charge in [-0.15, -0.1) is 0 Å². The van der Waals surface area contributed by atoms with Crippen LogP contribution in [0.2, 0.25) is 0 Å².